The summed E-state index contributed by atoms with van der Waals surface area (Å²) < 4.78 is 4.77. The summed E-state index contributed by atoms with van der Waals surface area (Å²) in [4.78, 5) is 11.1. The molecule has 0 amide bonds. The Morgan fingerprint density at radius 1 is 1.39 bits per heavy atom. The number of nitrogens with one attached hydrogen (secondary N) is 1. The van der Waals surface area contributed by atoms with E-state index in [4.69, 9.17) is 10.00 Å². The minimum atomic E-state index is -0.311. The van der Waals surface area contributed by atoms with Crippen molar-refractivity contribution in [1.82, 2.24) is 5.32 Å². The Kier molecular flexibility index (Phi) is 6.23. The van der Waals surface area contributed by atoms with Gasteiger partial charge in [-0.15, -0.1) is 0 Å². The first-order valence-electron chi connectivity index (χ1n) is 5.78. The van der Waals surface area contributed by atoms with Gasteiger partial charge in [0.2, 0.25) is 0 Å². The van der Waals surface area contributed by atoms with Gasteiger partial charge in [-0.05, 0) is 18.6 Å². The minimum absolute atomic E-state index is 0.113. The van der Waals surface area contributed by atoms with Crippen LogP contribution in [0.4, 0.5) is 0 Å². The zero-order chi connectivity index (χ0) is 13.2. The van der Waals surface area contributed by atoms with Crippen LogP contribution in [0.5, 0.6) is 0 Å². The first kappa shape index (κ1) is 13.9. The van der Waals surface area contributed by atoms with E-state index in [0.717, 1.165) is 5.56 Å². The lowest BCUT2D eigenvalue weighted by Gasteiger charge is -2.03. The molecule has 0 saturated heterocycles. The van der Waals surface area contributed by atoms with Crippen LogP contribution in [0.3, 0.4) is 0 Å². The molecule has 0 aromatic heterocycles. The molecule has 0 radical (unpaired) electrons. The second kappa shape index (κ2) is 8.04. The van der Waals surface area contributed by atoms with Crippen molar-refractivity contribution in [2.24, 2.45) is 0 Å². The molecular weight excluding hydrogens is 228 g/mol. The van der Waals surface area contributed by atoms with Crippen molar-refractivity contribution < 1.29 is 9.53 Å². The van der Waals surface area contributed by atoms with Gasteiger partial charge >= 0.3 is 5.97 Å². The first-order chi connectivity index (χ1) is 8.76. The van der Waals surface area contributed by atoms with Crippen molar-refractivity contribution in [3.8, 4) is 6.07 Å². The molecule has 0 spiro atoms. The summed E-state index contributed by atoms with van der Waals surface area (Å²) in [6.45, 7) is 2.59. The number of carbonyl (C=O) groups excluding carboxylic acids is 1. The summed E-state index contributed by atoms with van der Waals surface area (Å²) in [6.07, 6.45) is 1.79. The summed E-state index contributed by atoms with van der Waals surface area (Å²) in [7, 11) is 0. The first-order valence-corrected chi connectivity index (χ1v) is 5.78. The second-order valence-electron chi connectivity index (χ2n) is 3.60. The van der Waals surface area contributed by atoms with Crippen molar-refractivity contribution in [3.05, 3.63) is 41.5 Å². The summed E-state index contributed by atoms with van der Waals surface area (Å²) >= 11 is 0. The Balaban J connectivity index is 2.46. The van der Waals surface area contributed by atoms with Gasteiger partial charge in [-0.1, -0.05) is 30.3 Å². The fourth-order valence-corrected chi connectivity index (χ4v) is 1.38. The quantitative estimate of drug-likeness (QED) is 0.611. The number of rotatable bonds is 6. The SMILES string of the molecule is CCOC(=O)CNC/C(C#N)=C\c1ccccc1. The molecule has 18 heavy (non-hydrogen) atoms. The molecule has 94 valence electrons. The molecule has 4 nitrogen and oxygen atoms in total. The Hall–Kier alpha value is -2.12. The Morgan fingerprint density at radius 2 is 2.11 bits per heavy atom. The lowest BCUT2D eigenvalue weighted by molar-refractivity contribution is -0.141. The van der Waals surface area contributed by atoms with Crippen LogP contribution in [0.15, 0.2) is 35.9 Å². The largest absolute Gasteiger partial charge is 0.465 e. The van der Waals surface area contributed by atoms with Gasteiger partial charge in [0.05, 0.1) is 19.2 Å². The van der Waals surface area contributed by atoms with Gasteiger partial charge < -0.3 is 10.1 Å². The number of benzene rings is 1. The van der Waals surface area contributed by atoms with E-state index in [1.165, 1.54) is 0 Å². The zero-order valence-corrected chi connectivity index (χ0v) is 10.3. The number of esters is 1. The summed E-state index contributed by atoms with van der Waals surface area (Å²) in [5, 5.41) is 11.9. The molecule has 1 N–H and O–H groups in total. The average Bonchev–Trinajstić information content (AvgIpc) is 2.39. The third-order valence-electron chi connectivity index (χ3n) is 2.17. The number of carbonyl (C=O) groups is 1. The maximum Gasteiger partial charge on any atom is 0.319 e. The van der Waals surface area contributed by atoms with Crippen LogP contribution in [0.1, 0.15) is 12.5 Å². The topological polar surface area (TPSA) is 62.1 Å². The Labute approximate surface area is 107 Å². The predicted molar refractivity (Wildman–Crippen MR) is 69.5 cm³/mol. The van der Waals surface area contributed by atoms with Crippen LogP contribution in [0.2, 0.25) is 0 Å². The van der Waals surface area contributed by atoms with Gasteiger partial charge in [0, 0.05) is 12.1 Å². The van der Waals surface area contributed by atoms with Gasteiger partial charge in [-0.25, -0.2) is 0 Å². The van der Waals surface area contributed by atoms with Crippen LogP contribution >= 0.6 is 0 Å². The molecule has 0 bridgehead atoms. The standard InChI is InChI=1S/C14H16N2O2/c1-2-18-14(17)11-16-10-13(9-15)8-12-6-4-3-5-7-12/h3-8,16H,2,10-11H2,1H3/b13-8-. The normalized spacial score (nSPS) is 10.8. The molecule has 4 heteroatoms. The highest BCUT2D eigenvalue weighted by Crippen LogP contribution is 2.05. The van der Waals surface area contributed by atoms with Crippen molar-refractivity contribution in [1.29, 1.82) is 5.26 Å². The van der Waals surface area contributed by atoms with Gasteiger partial charge in [0.25, 0.3) is 0 Å². The number of hydrogen-bond donors (Lipinski definition) is 1. The van der Waals surface area contributed by atoms with Crippen LogP contribution in [0.25, 0.3) is 6.08 Å². The van der Waals surface area contributed by atoms with Crippen molar-refractivity contribution in [3.63, 3.8) is 0 Å². The molecule has 0 aliphatic carbocycles. The number of hydrogen-bond acceptors (Lipinski definition) is 4. The lowest BCUT2D eigenvalue weighted by atomic mass is 10.1. The van der Waals surface area contributed by atoms with E-state index in [0.29, 0.717) is 18.7 Å². The fourth-order valence-electron chi connectivity index (χ4n) is 1.38. The average molecular weight is 244 g/mol. The molecule has 1 aromatic carbocycles. The lowest BCUT2D eigenvalue weighted by Crippen LogP contribution is -2.26. The Morgan fingerprint density at radius 3 is 2.72 bits per heavy atom. The van der Waals surface area contributed by atoms with Crippen LogP contribution < -0.4 is 5.32 Å². The zero-order valence-electron chi connectivity index (χ0n) is 10.3. The predicted octanol–water partition coefficient (Wildman–Crippen LogP) is 1.75. The monoisotopic (exact) mass is 244 g/mol. The number of nitrogens with zero attached hydrogens (tertiary/aromatic N) is 1. The fraction of sp³-hybridized carbons (Fsp3) is 0.286. The van der Waals surface area contributed by atoms with Crippen molar-refractivity contribution in [2.45, 2.75) is 6.92 Å². The molecule has 0 saturated carbocycles. The third kappa shape index (κ3) is 5.28. The van der Waals surface area contributed by atoms with E-state index in [-0.39, 0.29) is 12.5 Å². The summed E-state index contributed by atoms with van der Waals surface area (Å²) in [5.74, 6) is -0.311. The third-order valence-corrected chi connectivity index (χ3v) is 2.17. The van der Waals surface area contributed by atoms with Gasteiger partial charge in [-0.3, -0.25) is 4.79 Å². The molecule has 0 atom stereocenters. The molecule has 1 aromatic rings. The van der Waals surface area contributed by atoms with E-state index in [2.05, 4.69) is 11.4 Å². The minimum Gasteiger partial charge on any atom is -0.465 e. The highest BCUT2D eigenvalue weighted by molar-refractivity contribution is 5.71. The molecule has 0 aliphatic rings. The molecular formula is C14H16N2O2. The van der Waals surface area contributed by atoms with E-state index < -0.39 is 0 Å². The van der Waals surface area contributed by atoms with Gasteiger partial charge in [0.1, 0.15) is 0 Å². The van der Waals surface area contributed by atoms with E-state index in [1.54, 1.807) is 13.0 Å². The van der Waals surface area contributed by atoms with E-state index in [1.807, 2.05) is 30.3 Å². The smallest absolute Gasteiger partial charge is 0.319 e. The molecule has 0 unspecified atom stereocenters. The van der Waals surface area contributed by atoms with E-state index >= 15 is 0 Å². The van der Waals surface area contributed by atoms with Crippen molar-refractivity contribution in [2.75, 3.05) is 19.7 Å². The highest BCUT2D eigenvalue weighted by atomic mass is 16.5. The van der Waals surface area contributed by atoms with Gasteiger partial charge in [0.15, 0.2) is 0 Å². The second-order valence-corrected chi connectivity index (χ2v) is 3.60. The van der Waals surface area contributed by atoms with Crippen molar-refractivity contribution >= 4 is 12.0 Å². The van der Waals surface area contributed by atoms with E-state index in [9.17, 15) is 4.79 Å². The van der Waals surface area contributed by atoms with Gasteiger partial charge in [-0.2, -0.15) is 5.26 Å². The molecule has 0 aliphatic heterocycles. The highest BCUT2D eigenvalue weighted by Gasteiger charge is 2.01. The molecule has 0 fully saturated rings. The maximum absolute atomic E-state index is 11.1. The number of nitriles is 1. The Bertz CT molecular complexity index is 447. The molecule has 0 heterocycles. The maximum atomic E-state index is 11.1. The van der Waals surface area contributed by atoms with Crippen LogP contribution in [-0.2, 0) is 9.53 Å². The van der Waals surface area contributed by atoms with Crippen LogP contribution in [0, 0.1) is 11.3 Å². The summed E-state index contributed by atoms with van der Waals surface area (Å²) in [5.41, 5.74) is 1.54. The summed E-state index contributed by atoms with van der Waals surface area (Å²) in [6, 6.07) is 11.7. The molecule has 1 rings (SSSR count). The number of ether oxygens (including phenoxy) is 1. The van der Waals surface area contributed by atoms with Crippen LogP contribution in [-0.4, -0.2) is 25.7 Å².